The lowest BCUT2D eigenvalue weighted by Gasteiger charge is -2.28. The van der Waals surface area contributed by atoms with E-state index in [-0.39, 0.29) is 18.1 Å². The van der Waals surface area contributed by atoms with Crippen LogP contribution in [0.5, 0.6) is 0 Å². The van der Waals surface area contributed by atoms with Gasteiger partial charge in [-0.1, -0.05) is 0 Å². The first-order valence-corrected chi connectivity index (χ1v) is 11.4. The molecule has 1 aromatic heterocycles. The molecule has 10 nitrogen and oxygen atoms in total. The molecule has 214 valence electrons. The molecule has 0 bridgehead atoms. The van der Waals surface area contributed by atoms with E-state index in [9.17, 15) is 31.1 Å². The Morgan fingerprint density at radius 2 is 1.47 bits per heavy atom. The number of carboxylic acid groups (broad SMARTS) is 2. The molecule has 3 aliphatic rings. The predicted octanol–water partition coefficient (Wildman–Crippen LogP) is 2.19. The molecule has 0 aliphatic carbocycles. The predicted molar refractivity (Wildman–Crippen MR) is 116 cm³/mol. The van der Waals surface area contributed by atoms with Crippen molar-refractivity contribution in [3.63, 3.8) is 0 Å². The van der Waals surface area contributed by atoms with Crippen molar-refractivity contribution in [2.45, 2.75) is 43.9 Å². The quantitative estimate of drug-likeness (QED) is 0.534. The zero-order chi connectivity index (χ0) is 28.5. The van der Waals surface area contributed by atoms with Gasteiger partial charge in [0.05, 0.1) is 31.8 Å². The first kappa shape index (κ1) is 31.2. The maximum absolute atomic E-state index is 12.4. The van der Waals surface area contributed by atoms with E-state index in [2.05, 4.69) is 22.0 Å². The summed E-state index contributed by atoms with van der Waals surface area (Å²) in [5.74, 6) is -4.73. The van der Waals surface area contributed by atoms with Crippen LogP contribution in [0.4, 0.5) is 26.3 Å². The highest BCUT2D eigenvalue weighted by Crippen LogP contribution is 2.35. The third-order valence-electron chi connectivity index (χ3n) is 5.80. The zero-order valence-electron chi connectivity index (χ0n) is 20.0. The van der Waals surface area contributed by atoms with Crippen LogP contribution in [0.2, 0.25) is 0 Å². The molecule has 3 aliphatic heterocycles. The first-order chi connectivity index (χ1) is 17.7. The molecule has 0 saturated carbocycles. The lowest BCUT2D eigenvalue weighted by Crippen LogP contribution is -2.42. The van der Waals surface area contributed by atoms with E-state index >= 15 is 0 Å². The second-order valence-corrected chi connectivity index (χ2v) is 8.64. The fourth-order valence-corrected chi connectivity index (χ4v) is 4.09. The third-order valence-corrected chi connectivity index (χ3v) is 5.80. The first-order valence-electron chi connectivity index (χ1n) is 11.4. The van der Waals surface area contributed by atoms with Crippen molar-refractivity contribution in [3.05, 3.63) is 30.1 Å². The number of carboxylic acids is 2. The average Bonchev–Trinajstić information content (AvgIpc) is 3.37. The van der Waals surface area contributed by atoms with Crippen molar-refractivity contribution in [2.75, 3.05) is 39.4 Å². The maximum Gasteiger partial charge on any atom is 0.490 e. The normalized spacial score (nSPS) is 23.4. The van der Waals surface area contributed by atoms with Gasteiger partial charge in [0, 0.05) is 51.0 Å². The molecule has 4 heterocycles. The topological polar surface area (TPSA) is 130 Å². The molecule has 1 amide bonds. The Balaban J connectivity index is 0.000000301. The molecule has 0 spiro atoms. The Labute approximate surface area is 213 Å². The fraction of sp³-hybridized carbons (Fsp3) is 0.636. The summed E-state index contributed by atoms with van der Waals surface area (Å²) in [6.45, 7) is 5.75. The number of aliphatic carboxylic acids is 2. The number of likely N-dealkylation sites (tertiary alicyclic amines) is 1. The number of rotatable bonds is 4. The number of pyridine rings is 1. The summed E-state index contributed by atoms with van der Waals surface area (Å²) in [7, 11) is 0. The molecule has 2 N–H and O–H groups in total. The number of carbonyl (C=O) groups excluding carboxylic acids is 1. The van der Waals surface area contributed by atoms with Crippen LogP contribution < -0.4 is 0 Å². The van der Waals surface area contributed by atoms with Gasteiger partial charge >= 0.3 is 24.3 Å². The van der Waals surface area contributed by atoms with E-state index in [1.165, 1.54) is 5.56 Å². The Kier molecular flexibility index (Phi) is 11.3. The number of aromatic nitrogens is 1. The Morgan fingerprint density at radius 3 is 1.95 bits per heavy atom. The van der Waals surface area contributed by atoms with Crippen LogP contribution in [0.25, 0.3) is 0 Å². The molecular formula is C22H27F6N3O7. The molecule has 38 heavy (non-hydrogen) atoms. The fourth-order valence-electron chi connectivity index (χ4n) is 4.09. The van der Waals surface area contributed by atoms with E-state index in [0.29, 0.717) is 25.6 Å². The van der Waals surface area contributed by atoms with E-state index in [1.54, 1.807) is 0 Å². The standard InChI is InChI=1S/C18H25N3O3.2C2HF3O2/c22-18(21-5-7-23-8-6-21)10-16-9-15-12-20(13-17(15)24-16)11-14-1-3-19-4-2-14;2*3-2(4,5)1(6)7/h1-4,15-17H,5-13H2;2*(H,6,7)/t15-,16+,17+;;/m0../s1. The minimum Gasteiger partial charge on any atom is -0.475 e. The van der Waals surface area contributed by atoms with Crippen LogP contribution in [0, 0.1) is 5.92 Å². The summed E-state index contributed by atoms with van der Waals surface area (Å²) in [6, 6.07) is 4.14. The maximum atomic E-state index is 12.4. The van der Waals surface area contributed by atoms with E-state index in [4.69, 9.17) is 29.3 Å². The number of morpholine rings is 1. The second kappa shape index (κ2) is 13.7. The molecule has 1 aromatic rings. The Morgan fingerprint density at radius 1 is 0.947 bits per heavy atom. The molecular weight excluding hydrogens is 532 g/mol. The van der Waals surface area contributed by atoms with E-state index < -0.39 is 24.3 Å². The molecule has 3 fully saturated rings. The van der Waals surface area contributed by atoms with Gasteiger partial charge in [-0.3, -0.25) is 14.7 Å². The summed E-state index contributed by atoms with van der Waals surface area (Å²) in [6.07, 6.45) is -4.57. The van der Waals surface area contributed by atoms with Crippen LogP contribution in [-0.2, 0) is 30.4 Å². The average molecular weight is 559 g/mol. The number of ether oxygens (including phenoxy) is 2. The largest absolute Gasteiger partial charge is 0.490 e. The molecule has 0 radical (unpaired) electrons. The minimum absolute atomic E-state index is 0.0958. The van der Waals surface area contributed by atoms with Crippen LogP contribution in [0.3, 0.4) is 0 Å². The number of hydrogen-bond acceptors (Lipinski definition) is 7. The summed E-state index contributed by atoms with van der Waals surface area (Å²) in [4.78, 5) is 38.6. The van der Waals surface area contributed by atoms with Crippen molar-refractivity contribution in [3.8, 4) is 0 Å². The number of amides is 1. The third kappa shape index (κ3) is 10.4. The van der Waals surface area contributed by atoms with Gasteiger partial charge in [0.1, 0.15) is 0 Å². The van der Waals surface area contributed by atoms with Crippen molar-refractivity contribution in [2.24, 2.45) is 5.92 Å². The second-order valence-electron chi connectivity index (χ2n) is 8.64. The van der Waals surface area contributed by atoms with Crippen LogP contribution in [0.1, 0.15) is 18.4 Å². The van der Waals surface area contributed by atoms with Crippen molar-refractivity contribution >= 4 is 17.8 Å². The monoisotopic (exact) mass is 559 g/mol. The van der Waals surface area contributed by atoms with Crippen LogP contribution in [0.15, 0.2) is 24.5 Å². The van der Waals surface area contributed by atoms with Gasteiger partial charge in [-0.2, -0.15) is 26.3 Å². The number of hydrogen-bond donors (Lipinski definition) is 2. The number of halogens is 6. The smallest absolute Gasteiger partial charge is 0.475 e. The Hall–Kier alpha value is -2.98. The lowest BCUT2D eigenvalue weighted by atomic mass is 10.0. The summed E-state index contributed by atoms with van der Waals surface area (Å²) >= 11 is 0. The highest BCUT2D eigenvalue weighted by molar-refractivity contribution is 5.76. The van der Waals surface area contributed by atoms with Gasteiger partial charge in [-0.05, 0) is 24.1 Å². The molecule has 16 heteroatoms. The summed E-state index contributed by atoms with van der Waals surface area (Å²) < 4.78 is 75.0. The van der Waals surface area contributed by atoms with Gasteiger partial charge in [0.25, 0.3) is 0 Å². The number of carbonyl (C=O) groups is 3. The number of fused-ring (bicyclic) bond motifs is 1. The van der Waals surface area contributed by atoms with Gasteiger partial charge in [-0.25, -0.2) is 9.59 Å². The number of alkyl halides is 6. The van der Waals surface area contributed by atoms with Gasteiger partial charge in [-0.15, -0.1) is 0 Å². The van der Waals surface area contributed by atoms with Crippen molar-refractivity contribution in [1.29, 1.82) is 0 Å². The molecule has 3 atom stereocenters. The van der Waals surface area contributed by atoms with Crippen molar-refractivity contribution in [1.82, 2.24) is 14.8 Å². The number of nitrogens with zero attached hydrogens (tertiary/aromatic N) is 3. The summed E-state index contributed by atoms with van der Waals surface area (Å²) in [5, 5.41) is 14.2. The summed E-state index contributed by atoms with van der Waals surface area (Å²) in [5.41, 5.74) is 1.30. The van der Waals surface area contributed by atoms with Crippen LogP contribution in [-0.4, -0.2) is 107 Å². The molecule has 3 saturated heterocycles. The Bertz CT molecular complexity index is 888. The van der Waals surface area contributed by atoms with Crippen LogP contribution >= 0.6 is 0 Å². The minimum atomic E-state index is -5.08. The van der Waals surface area contributed by atoms with Crippen molar-refractivity contribution < 1.29 is 60.4 Å². The van der Waals surface area contributed by atoms with Gasteiger partial charge in [0.2, 0.25) is 5.91 Å². The zero-order valence-corrected chi connectivity index (χ0v) is 20.0. The highest BCUT2D eigenvalue weighted by Gasteiger charge is 2.43. The SMILES string of the molecule is O=C(C[C@H]1C[C@H]2CN(Cc3ccncc3)C[C@H]2O1)N1CCOCC1.O=C(O)C(F)(F)F.O=C(O)C(F)(F)F. The highest BCUT2D eigenvalue weighted by atomic mass is 19.4. The lowest BCUT2D eigenvalue weighted by molar-refractivity contribution is -0.193. The molecule has 0 aromatic carbocycles. The van der Waals surface area contributed by atoms with Gasteiger partial charge in [0.15, 0.2) is 0 Å². The van der Waals surface area contributed by atoms with Gasteiger partial charge < -0.3 is 24.6 Å². The van der Waals surface area contributed by atoms with E-state index in [1.807, 2.05) is 17.3 Å². The van der Waals surface area contributed by atoms with E-state index in [0.717, 1.165) is 39.1 Å². The molecule has 4 rings (SSSR count). The molecule has 0 unspecified atom stereocenters.